The lowest BCUT2D eigenvalue weighted by Crippen LogP contribution is -2.24. The molecule has 0 aliphatic rings. The van der Waals surface area contributed by atoms with Crippen molar-refractivity contribution >= 4 is 0 Å². The van der Waals surface area contributed by atoms with Crippen LogP contribution in [0.15, 0.2) is 6.33 Å². The van der Waals surface area contributed by atoms with Gasteiger partial charge in [-0.25, -0.2) is 4.98 Å². The first-order valence-corrected chi connectivity index (χ1v) is 4.90. The number of aryl methyl sites for hydroxylation is 1. The van der Waals surface area contributed by atoms with Gasteiger partial charge in [-0.3, -0.25) is 4.68 Å². The molecule has 0 amide bonds. The van der Waals surface area contributed by atoms with E-state index in [4.69, 9.17) is 5.73 Å². The number of nitrogens with zero attached hydrogens (tertiary/aromatic N) is 3. The van der Waals surface area contributed by atoms with Crippen LogP contribution in [0.4, 0.5) is 0 Å². The third-order valence-corrected chi connectivity index (χ3v) is 2.10. The van der Waals surface area contributed by atoms with E-state index in [2.05, 4.69) is 23.9 Å². The Morgan fingerprint density at radius 3 is 2.92 bits per heavy atom. The van der Waals surface area contributed by atoms with E-state index in [1.807, 2.05) is 4.68 Å². The summed E-state index contributed by atoms with van der Waals surface area (Å²) in [7, 11) is 0. The highest BCUT2D eigenvalue weighted by molar-refractivity contribution is 4.88. The maximum atomic E-state index is 5.92. The van der Waals surface area contributed by atoms with Crippen molar-refractivity contribution in [2.24, 2.45) is 5.73 Å². The average Bonchev–Trinajstić information content (AvgIpc) is 2.52. The molecule has 13 heavy (non-hydrogen) atoms. The number of hydrogen-bond acceptors (Lipinski definition) is 3. The molecule has 0 saturated carbocycles. The molecule has 0 aromatic carbocycles. The highest BCUT2D eigenvalue weighted by atomic mass is 15.3. The largest absolute Gasteiger partial charge is 0.327 e. The van der Waals surface area contributed by atoms with Gasteiger partial charge in [0.25, 0.3) is 0 Å². The number of rotatable bonds is 5. The molecule has 74 valence electrons. The van der Waals surface area contributed by atoms with Gasteiger partial charge in [0.05, 0.1) is 0 Å². The molecule has 0 radical (unpaired) electrons. The van der Waals surface area contributed by atoms with Crippen LogP contribution in [0.25, 0.3) is 0 Å². The van der Waals surface area contributed by atoms with Gasteiger partial charge in [0.2, 0.25) is 0 Å². The maximum Gasteiger partial charge on any atom is 0.138 e. The molecular weight excluding hydrogens is 164 g/mol. The maximum absolute atomic E-state index is 5.92. The van der Waals surface area contributed by atoms with Crippen LogP contribution >= 0.6 is 0 Å². The fourth-order valence-electron chi connectivity index (χ4n) is 1.42. The monoisotopic (exact) mass is 182 g/mol. The molecule has 4 nitrogen and oxygen atoms in total. The molecule has 1 aromatic heterocycles. The van der Waals surface area contributed by atoms with Gasteiger partial charge in [0.15, 0.2) is 0 Å². The molecule has 0 fully saturated rings. The van der Waals surface area contributed by atoms with E-state index in [1.165, 1.54) is 0 Å². The summed E-state index contributed by atoms with van der Waals surface area (Å²) in [6.45, 7) is 5.07. The predicted molar refractivity (Wildman–Crippen MR) is 52.3 cm³/mol. The van der Waals surface area contributed by atoms with Crippen LogP contribution in [0, 0.1) is 0 Å². The Labute approximate surface area is 79.2 Å². The third kappa shape index (κ3) is 2.81. The van der Waals surface area contributed by atoms with Crippen molar-refractivity contribution < 1.29 is 0 Å². The van der Waals surface area contributed by atoms with E-state index in [9.17, 15) is 0 Å². The second kappa shape index (κ2) is 4.97. The molecule has 1 unspecified atom stereocenters. The molecule has 2 N–H and O–H groups in total. The first kappa shape index (κ1) is 10.2. The second-order valence-corrected chi connectivity index (χ2v) is 3.24. The van der Waals surface area contributed by atoms with Crippen LogP contribution in [-0.2, 0) is 13.0 Å². The van der Waals surface area contributed by atoms with Crippen molar-refractivity contribution in [3.05, 3.63) is 12.2 Å². The fourth-order valence-corrected chi connectivity index (χ4v) is 1.42. The van der Waals surface area contributed by atoms with E-state index >= 15 is 0 Å². The first-order chi connectivity index (χ1) is 6.27. The normalized spacial score (nSPS) is 13.2. The van der Waals surface area contributed by atoms with Gasteiger partial charge in [0.1, 0.15) is 12.2 Å². The van der Waals surface area contributed by atoms with E-state index in [1.54, 1.807) is 6.33 Å². The Balaban J connectivity index is 2.52. The van der Waals surface area contributed by atoms with Crippen LogP contribution in [-0.4, -0.2) is 20.8 Å². The molecule has 1 atom stereocenters. The van der Waals surface area contributed by atoms with Crippen molar-refractivity contribution in [1.29, 1.82) is 0 Å². The molecular formula is C9H18N4. The lowest BCUT2D eigenvalue weighted by molar-refractivity contribution is 0.542. The topological polar surface area (TPSA) is 56.7 Å². The summed E-state index contributed by atoms with van der Waals surface area (Å²) < 4.78 is 1.90. The molecule has 1 aromatic rings. The third-order valence-electron chi connectivity index (χ3n) is 2.10. The Hall–Kier alpha value is -0.900. The van der Waals surface area contributed by atoms with Crippen molar-refractivity contribution in [1.82, 2.24) is 14.8 Å². The summed E-state index contributed by atoms with van der Waals surface area (Å²) in [6, 6.07) is 0.222. The van der Waals surface area contributed by atoms with Gasteiger partial charge in [-0.1, -0.05) is 13.3 Å². The molecule has 4 heteroatoms. The summed E-state index contributed by atoms with van der Waals surface area (Å²) in [5, 5.41) is 4.10. The highest BCUT2D eigenvalue weighted by Crippen LogP contribution is 2.02. The molecule has 0 bridgehead atoms. The summed E-state index contributed by atoms with van der Waals surface area (Å²) in [6.07, 6.45) is 4.61. The molecule has 0 aliphatic carbocycles. The molecule has 1 heterocycles. The van der Waals surface area contributed by atoms with Gasteiger partial charge in [-0.15, -0.1) is 0 Å². The minimum Gasteiger partial charge on any atom is -0.327 e. The Morgan fingerprint density at radius 1 is 1.54 bits per heavy atom. The Bertz CT molecular complexity index is 244. The van der Waals surface area contributed by atoms with Crippen molar-refractivity contribution in [2.75, 3.05) is 0 Å². The summed E-state index contributed by atoms with van der Waals surface area (Å²) in [4.78, 5) is 4.18. The smallest absolute Gasteiger partial charge is 0.138 e. The van der Waals surface area contributed by atoms with Gasteiger partial charge >= 0.3 is 0 Å². The van der Waals surface area contributed by atoms with Crippen molar-refractivity contribution in [3.8, 4) is 0 Å². The van der Waals surface area contributed by atoms with Crippen LogP contribution in [0.2, 0.25) is 0 Å². The van der Waals surface area contributed by atoms with Crippen molar-refractivity contribution in [3.63, 3.8) is 0 Å². The van der Waals surface area contributed by atoms with Crippen LogP contribution in [0.1, 0.15) is 32.5 Å². The van der Waals surface area contributed by atoms with Crippen LogP contribution < -0.4 is 5.73 Å². The van der Waals surface area contributed by atoms with Gasteiger partial charge < -0.3 is 5.73 Å². The molecule has 0 saturated heterocycles. The Kier molecular flexibility index (Phi) is 3.89. The lowest BCUT2D eigenvalue weighted by Gasteiger charge is -2.09. The zero-order chi connectivity index (χ0) is 9.68. The average molecular weight is 182 g/mol. The fraction of sp³-hybridized carbons (Fsp3) is 0.778. The summed E-state index contributed by atoms with van der Waals surface area (Å²) in [5.41, 5.74) is 5.92. The molecule has 0 aliphatic heterocycles. The number of aromatic nitrogens is 3. The predicted octanol–water partition coefficient (Wildman–Crippen LogP) is 0.968. The second-order valence-electron chi connectivity index (χ2n) is 3.24. The van der Waals surface area contributed by atoms with E-state index in [-0.39, 0.29) is 6.04 Å². The van der Waals surface area contributed by atoms with E-state index in [0.29, 0.717) is 0 Å². The highest BCUT2D eigenvalue weighted by Gasteiger charge is 2.07. The van der Waals surface area contributed by atoms with Crippen LogP contribution in [0.3, 0.4) is 0 Å². The summed E-state index contributed by atoms with van der Waals surface area (Å²) >= 11 is 0. The SMILES string of the molecule is CCCC(N)Cc1ncnn1CC. The van der Waals surface area contributed by atoms with Gasteiger partial charge in [-0.05, 0) is 13.3 Å². The summed E-state index contributed by atoms with van der Waals surface area (Å²) in [5.74, 6) is 1.00. The minimum absolute atomic E-state index is 0.222. The number of nitrogens with two attached hydrogens (primary N) is 1. The number of hydrogen-bond donors (Lipinski definition) is 1. The van der Waals surface area contributed by atoms with Gasteiger partial charge in [0, 0.05) is 19.0 Å². The van der Waals surface area contributed by atoms with Crippen LogP contribution in [0.5, 0.6) is 0 Å². The lowest BCUT2D eigenvalue weighted by atomic mass is 10.1. The molecule has 1 rings (SSSR count). The van der Waals surface area contributed by atoms with E-state index in [0.717, 1.165) is 31.6 Å². The first-order valence-electron chi connectivity index (χ1n) is 4.90. The Morgan fingerprint density at radius 2 is 2.31 bits per heavy atom. The zero-order valence-corrected chi connectivity index (χ0v) is 8.40. The van der Waals surface area contributed by atoms with Gasteiger partial charge in [-0.2, -0.15) is 5.10 Å². The minimum atomic E-state index is 0.222. The van der Waals surface area contributed by atoms with E-state index < -0.39 is 0 Å². The standard InChI is InChI=1S/C9H18N4/c1-3-5-8(10)6-9-11-7-12-13(9)4-2/h7-8H,3-6,10H2,1-2H3. The zero-order valence-electron chi connectivity index (χ0n) is 8.40. The van der Waals surface area contributed by atoms with Crippen molar-refractivity contribution in [2.45, 2.75) is 45.7 Å². The quantitative estimate of drug-likeness (QED) is 0.738. The molecule has 0 spiro atoms.